The average Bonchev–Trinajstić information content (AvgIpc) is 2.49. The van der Waals surface area contributed by atoms with Crippen molar-refractivity contribution in [1.82, 2.24) is 0 Å². The Hall–Kier alpha value is -1.03. The van der Waals surface area contributed by atoms with Crippen LogP contribution in [-0.4, -0.2) is 18.5 Å². The average molecular weight is 184 g/mol. The van der Waals surface area contributed by atoms with E-state index in [4.69, 9.17) is 9.47 Å². The van der Waals surface area contributed by atoms with Gasteiger partial charge in [-0.3, -0.25) is 4.79 Å². The van der Waals surface area contributed by atoms with Gasteiger partial charge in [0, 0.05) is 10.8 Å². The van der Waals surface area contributed by atoms with Gasteiger partial charge in [0.15, 0.2) is 23.4 Å². The Labute approximate surface area is 73.9 Å². The second-order valence-electron chi connectivity index (χ2n) is 2.63. The molecular formula is C8H8O3S. The Bertz CT molecular complexity index is 305. The first-order valence-corrected chi connectivity index (χ1v) is 4.58. The van der Waals surface area contributed by atoms with Crippen LogP contribution in [-0.2, 0) is 4.79 Å². The summed E-state index contributed by atoms with van der Waals surface area (Å²) < 4.78 is 10.7. The fourth-order valence-corrected chi connectivity index (χ4v) is 1.69. The molecule has 1 aliphatic heterocycles. The number of hydrogen-bond donors (Lipinski definition) is 0. The lowest BCUT2D eigenvalue weighted by atomic mass is 10.2. The molecule has 1 aromatic rings. The van der Waals surface area contributed by atoms with Crippen LogP contribution >= 0.6 is 11.3 Å². The highest BCUT2D eigenvalue weighted by molar-refractivity contribution is 7.08. The molecule has 2 rings (SSSR count). The zero-order valence-corrected chi connectivity index (χ0v) is 7.39. The minimum absolute atomic E-state index is 0.00634. The normalized spacial score (nSPS) is 20.6. The maximum absolute atomic E-state index is 10.9. The van der Waals surface area contributed by atoms with Gasteiger partial charge in [-0.05, 0) is 6.92 Å². The quantitative estimate of drug-likeness (QED) is 0.663. The first-order valence-electron chi connectivity index (χ1n) is 3.63. The number of rotatable bonds is 1. The molecule has 0 amide bonds. The lowest BCUT2D eigenvalue weighted by molar-refractivity contribution is -0.125. The highest BCUT2D eigenvalue weighted by Crippen LogP contribution is 2.35. The summed E-state index contributed by atoms with van der Waals surface area (Å²) in [5, 5.41) is 3.70. The minimum atomic E-state index is -0.424. The van der Waals surface area contributed by atoms with Gasteiger partial charge < -0.3 is 9.47 Å². The molecule has 1 aliphatic rings. The van der Waals surface area contributed by atoms with E-state index in [9.17, 15) is 4.79 Å². The molecule has 0 aromatic carbocycles. The van der Waals surface area contributed by atoms with Crippen molar-refractivity contribution in [3.8, 4) is 11.5 Å². The van der Waals surface area contributed by atoms with Crippen LogP contribution in [0.15, 0.2) is 10.8 Å². The van der Waals surface area contributed by atoms with Gasteiger partial charge in [-0.25, -0.2) is 0 Å². The molecule has 0 saturated carbocycles. The molecule has 0 N–H and O–H groups in total. The third-order valence-electron chi connectivity index (χ3n) is 1.71. The molecular weight excluding hydrogens is 176 g/mol. The minimum Gasteiger partial charge on any atom is -0.484 e. The predicted molar refractivity (Wildman–Crippen MR) is 44.9 cm³/mol. The lowest BCUT2D eigenvalue weighted by Gasteiger charge is -2.21. The van der Waals surface area contributed by atoms with Crippen molar-refractivity contribution in [1.29, 1.82) is 0 Å². The molecule has 0 saturated heterocycles. The smallest absolute Gasteiger partial charge is 0.190 e. The number of ether oxygens (including phenoxy) is 2. The van der Waals surface area contributed by atoms with E-state index in [1.165, 1.54) is 18.3 Å². The number of ketones is 1. The molecule has 0 radical (unpaired) electrons. The van der Waals surface area contributed by atoms with Crippen LogP contribution in [0, 0.1) is 0 Å². The summed E-state index contributed by atoms with van der Waals surface area (Å²) in [7, 11) is 0. The third-order valence-corrected chi connectivity index (χ3v) is 2.41. The zero-order valence-electron chi connectivity index (χ0n) is 6.57. The van der Waals surface area contributed by atoms with Gasteiger partial charge in [0.2, 0.25) is 0 Å². The van der Waals surface area contributed by atoms with Crippen LogP contribution in [0.2, 0.25) is 0 Å². The van der Waals surface area contributed by atoms with Gasteiger partial charge in [0.05, 0.1) is 0 Å². The highest BCUT2D eigenvalue weighted by Gasteiger charge is 2.24. The number of carbonyl (C=O) groups excluding carboxylic acids is 1. The summed E-state index contributed by atoms with van der Waals surface area (Å²) in [6, 6.07) is 0. The Morgan fingerprint density at radius 1 is 1.58 bits per heavy atom. The third kappa shape index (κ3) is 1.18. The SMILES string of the molecule is CC(=O)C1COc2cscc2O1. The fourth-order valence-electron chi connectivity index (χ4n) is 1.02. The summed E-state index contributed by atoms with van der Waals surface area (Å²) in [6.07, 6.45) is -0.424. The standard InChI is InChI=1S/C8H8O3S/c1-5(9)6-2-10-7-3-12-4-8(7)11-6/h3-4,6H,2H2,1H3. The number of thiophene rings is 1. The summed E-state index contributed by atoms with van der Waals surface area (Å²) in [6.45, 7) is 1.84. The molecule has 64 valence electrons. The van der Waals surface area contributed by atoms with E-state index in [0.29, 0.717) is 12.4 Å². The number of carbonyl (C=O) groups is 1. The van der Waals surface area contributed by atoms with Crippen molar-refractivity contribution in [3.05, 3.63) is 10.8 Å². The number of hydrogen-bond acceptors (Lipinski definition) is 4. The van der Waals surface area contributed by atoms with E-state index < -0.39 is 6.10 Å². The lowest BCUT2D eigenvalue weighted by Crippen LogP contribution is -2.34. The van der Waals surface area contributed by atoms with Crippen molar-refractivity contribution in [2.24, 2.45) is 0 Å². The molecule has 0 spiro atoms. The molecule has 1 aromatic heterocycles. The van der Waals surface area contributed by atoms with Crippen LogP contribution < -0.4 is 9.47 Å². The number of Topliss-reactive ketones (excluding diaryl/α,β-unsaturated/α-hetero) is 1. The van der Waals surface area contributed by atoms with Gasteiger partial charge in [-0.1, -0.05) is 0 Å². The number of fused-ring (bicyclic) bond motifs is 1. The van der Waals surface area contributed by atoms with Crippen molar-refractivity contribution in [2.45, 2.75) is 13.0 Å². The molecule has 12 heavy (non-hydrogen) atoms. The van der Waals surface area contributed by atoms with Crippen LogP contribution in [0.5, 0.6) is 11.5 Å². The van der Waals surface area contributed by atoms with E-state index >= 15 is 0 Å². The molecule has 1 unspecified atom stereocenters. The molecule has 0 bridgehead atoms. The van der Waals surface area contributed by atoms with Crippen LogP contribution in [0.25, 0.3) is 0 Å². The van der Waals surface area contributed by atoms with E-state index in [0.717, 1.165) is 5.75 Å². The Kier molecular flexibility index (Phi) is 1.77. The zero-order chi connectivity index (χ0) is 8.55. The largest absolute Gasteiger partial charge is 0.484 e. The van der Waals surface area contributed by atoms with E-state index in [1.807, 2.05) is 10.8 Å². The second kappa shape index (κ2) is 2.79. The summed E-state index contributed by atoms with van der Waals surface area (Å²) in [5.74, 6) is 1.44. The molecule has 4 heteroatoms. The van der Waals surface area contributed by atoms with Crippen molar-refractivity contribution >= 4 is 17.1 Å². The van der Waals surface area contributed by atoms with Crippen LogP contribution in [0.4, 0.5) is 0 Å². The second-order valence-corrected chi connectivity index (χ2v) is 3.37. The van der Waals surface area contributed by atoms with Gasteiger partial charge in [0.1, 0.15) is 6.61 Å². The Morgan fingerprint density at radius 3 is 3.08 bits per heavy atom. The van der Waals surface area contributed by atoms with Gasteiger partial charge in [0.25, 0.3) is 0 Å². The Balaban J connectivity index is 2.20. The van der Waals surface area contributed by atoms with Crippen molar-refractivity contribution < 1.29 is 14.3 Å². The van der Waals surface area contributed by atoms with Gasteiger partial charge in [-0.15, -0.1) is 11.3 Å². The van der Waals surface area contributed by atoms with Crippen molar-refractivity contribution in [2.75, 3.05) is 6.61 Å². The monoisotopic (exact) mass is 184 g/mol. The van der Waals surface area contributed by atoms with Crippen LogP contribution in [0.1, 0.15) is 6.92 Å². The molecule has 2 heterocycles. The first-order chi connectivity index (χ1) is 5.77. The fraction of sp³-hybridized carbons (Fsp3) is 0.375. The summed E-state index contributed by atoms with van der Waals surface area (Å²) >= 11 is 1.51. The van der Waals surface area contributed by atoms with Gasteiger partial charge >= 0.3 is 0 Å². The Morgan fingerprint density at radius 2 is 2.33 bits per heavy atom. The molecule has 3 nitrogen and oxygen atoms in total. The van der Waals surface area contributed by atoms with E-state index in [-0.39, 0.29) is 5.78 Å². The van der Waals surface area contributed by atoms with Crippen LogP contribution in [0.3, 0.4) is 0 Å². The highest BCUT2D eigenvalue weighted by atomic mass is 32.1. The summed E-state index contributed by atoms with van der Waals surface area (Å²) in [4.78, 5) is 10.9. The molecule has 0 aliphatic carbocycles. The van der Waals surface area contributed by atoms with E-state index in [2.05, 4.69) is 0 Å². The maximum Gasteiger partial charge on any atom is 0.190 e. The van der Waals surface area contributed by atoms with Gasteiger partial charge in [-0.2, -0.15) is 0 Å². The molecule has 0 fully saturated rings. The summed E-state index contributed by atoms with van der Waals surface area (Å²) in [5.41, 5.74) is 0. The topological polar surface area (TPSA) is 35.5 Å². The predicted octanol–water partition coefficient (Wildman–Crippen LogP) is 1.48. The molecule has 1 atom stereocenters. The van der Waals surface area contributed by atoms with E-state index in [1.54, 1.807) is 0 Å². The maximum atomic E-state index is 10.9. The van der Waals surface area contributed by atoms with Crippen molar-refractivity contribution in [3.63, 3.8) is 0 Å². The first kappa shape index (κ1) is 7.61.